The van der Waals surface area contributed by atoms with Gasteiger partial charge in [-0.3, -0.25) is 9.59 Å². The van der Waals surface area contributed by atoms with E-state index in [4.69, 9.17) is 0 Å². The van der Waals surface area contributed by atoms with Gasteiger partial charge in [0, 0.05) is 35.5 Å². The standard InChI is InChI=1S/C19H17N3O3.ClH/c1-13(23)20-16-7-5-6-15-14(16)8-9-17(19(15)25)21-18(24)12-22-10-3-2-4-11-22;/h2-11H,12H2,1H3,(H2-,20,21,23,24,25);1H. The molecule has 0 aliphatic rings. The van der Waals surface area contributed by atoms with Crippen LogP contribution in [-0.4, -0.2) is 16.9 Å². The van der Waals surface area contributed by atoms with Crippen LogP contribution in [0.3, 0.4) is 0 Å². The first kappa shape index (κ1) is 19.2. The molecule has 3 rings (SSSR count). The average molecular weight is 372 g/mol. The topological polar surface area (TPSA) is 82.3 Å². The van der Waals surface area contributed by atoms with Gasteiger partial charge in [0.1, 0.15) is 5.75 Å². The van der Waals surface area contributed by atoms with E-state index in [9.17, 15) is 14.7 Å². The number of aromatic nitrogens is 1. The van der Waals surface area contributed by atoms with Crippen molar-refractivity contribution in [3.05, 3.63) is 60.9 Å². The molecule has 0 aliphatic heterocycles. The van der Waals surface area contributed by atoms with Gasteiger partial charge in [0.2, 0.25) is 12.5 Å². The second-order valence-corrected chi connectivity index (χ2v) is 5.64. The summed E-state index contributed by atoms with van der Waals surface area (Å²) in [6.45, 7) is 1.57. The molecule has 1 heterocycles. The molecule has 7 heteroatoms. The first-order valence-electron chi connectivity index (χ1n) is 7.81. The first-order chi connectivity index (χ1) is 12.0. The summed E-state index contributed by atoms with van der Waals surface area (Å²) in [5, 5.41) is 17.2. The highest BCUT2D eigenvalue weighted by atomic mass is 35.5. The van der Waals surface area contributed by atoms with Crippen molar-refractivity contribution >= 4 is 34.0 Å². The van der Waals surface area contributed by atoms with Gasteiger partial charge in [-0.05, 0) is 18.2 Å². The maximum Gasteiger partial charge on any atom is 0.290 e. The zero-order valence-electron chi connectivity index (χ0n) is 14.1. The van der Waals surface area contributed by atoms with E-state index in [-0.39, 0.29) is 36.5 Å². The number of carbonyl (C=O) groups is 2. The lowest BCUT2D eigenvalue weighted by atomic mass is 10.1. The van der Waals surface area contributed by atoms with Crippen molar-refractivity contribution in [2.45, 2.75) is 13.5 Å². The van der Waals surface area contributed by atoms with E-state index in [1.807, 2.05) is 18.2 Å². The van der Waals surface area contributed by atoms with E-state index in [0.29, 0.717) is 22.1 Å². The fourth-order valence-corrected chi connectivity index (χ4v) is 2.64. The summed E-state index contributed by atoms with van der Waals surface area (Å²) in [5.41, 5.74) is 0.937. The van der Waals surface area contributed by atoms with E-state index in [2.05, 4.69) is 10.6 Å². The maximum absolute atomic E-state index is 12.2. The molecular formula is C19H18ClN3O3. The summed E-state index contributed by atoms with van der Waals surface area (Å²) >= 11 is 0. The van der Waals surface area contributed by atoms with Crippen LogP contribution in [0.25, 0.3) is 10.8 Å². The number of benzene rings is 2. The lowest BCUT2D eigenvalue weighted by molar-refractivity contribution is -0.684. The molecule has 134 valence electrons. The number of hydrogen-bond donors (Lipinski definition) is 3. The highest BCUT2D eigenvalue weighted by Crippen LogP contribution is 2.35. The molecule has 0 radical (unpaired) electrons. The second kappa shape index (κ2) is 8.31. The van der Waals surface area contributed by atoms with E-state index in [0.717, 1.165) is 0 Å². The molecule has 0 fully saturated rings. The number of halogens is 1. The number of phenolic OH excluding ortho intramolecular Hbond substituents is 1. The Bertz CT molecular complexity index is 945. The number of carbonyl (C=O) groups excluding carboxylic acids is 2. The Balaban J connectivity index is 0.00000243. The molecule has 0 unspecified atom stereocenters. The van der Waals surface area contributed by atoms with Crippen LogP contribution in [0.15, 0.2) is 60.9 Å². The van der Waals surface area contributed by atoms with Crippen LogP contribution in [0.4, 0.5) is 11.4 Å². The Morgan fingerprint density at radius 3 is 2.35 bits per heavy atom. The second-order valence-electron chi connectivity index (χ2n) is 5.64. The Morgan fingerprint density at radius 2 is 1.65 bits per heavy atom. The minimum atomic E-state index is -0.246. The fourth-order valence-electron chi connectivity index (χ4n) is 2.64. The molecule has 1 aromatic heterocycles. The number of amides is 2. The number of fused-ring (bicyclic) bond motifs is 1. The third-order valence-corrected chi connectivity index (χ3v) is 3.72. The zero-order chi connectivity index (χ0) is 17.8. The Morgan fingerprint density at radius 1 is 0.923 bits per heavy atom. The average Bonchev–Trinajstić information content (AvgIpc) is 2.58. The Labute approximate surface area is 156 Å². The summed E-state index contributed by atoms with van der Waals surface area (Å²) < 4.78 is 1.74. The number of anilines is 2. The normalized spacial score (nSPS) is 10.0. The summed E-state index contributed by atoms with van der Waals surface area (Å²) in [7, 11) is 0. The first-order valence-corrected chi connectivity index (χ1v) is 7.81. The fraction of sp³-hybridized carbons (Fsp3) is 0.105. The molecular weight excluding hydrogens is 354 g/mol. The highest BCUT2D eigenvalue weighted by molar-refractivity contribution is 6.06. The third-order valence-electron chi connectivity index (χ3n) is 3.72. The Hall–Kier alpha value is -3.12. The van der Waals surface area contributed by atoms with Gasteiger partial charge in [0.15, 0.2) is 12.4 Å². The highest BCUT2D eigenvalue weighted by Gasteiger charge is 2.14. The van der Waals surface area contributed by atoms with Crippen molar-refractivity contribution in [3.8, 4) is 5.75 Å². The van der Waals surface area contributed by atoms with Gasteiger partial charge in [0.05, 0.1) is 5.69 Å². The monoisotopic (exact) mass is 371 g/mol. The summed E-state index contributed by atoms with van der Waals surface area (Å²) in [6, 6.07) is 14.1. The van der Waals surface area contributed by atoms with Gasteiger partial charge < -0.3 is 28.1 Å². The molecule has 0 saturated carbocycles. The van der Waals surface area contributed by atoms with Crippen molar-refractivity contribution < 1.29 is 31.7 Å². The number of aromatic hydroxyl groups is 1. The molecule has 6 nitrogen and oxygen atoms in total. The van der Waals surface area contributed by atoms with Gasteiger partial charge in [-0.1, -0.05) is 18.2 Å². The van der Waals surface area contributed by atoms with E-state index in [1.54, 1.807) is 47.3 Å². The smallest absolute Gasteiger partial charge is 0.290 e. The minimum Gasteiger partial charge on any atom is -1.00 e. The van der Waals surface area contributed by atoms with Crippen molar-refractivity contribution in [1.29, 1.82) is 0 Å². The van der Waals surface area contributed by atoms with Crippen LogP contribution in [-0.2, 0) is 16.1 Å². The van der Waals surface area contributed by atoms with Crippen LogP contribution in [0.2, 0.25) is 0 Å². The zero-order valence-corrected chi connectivity index (χ0v) is 14.8. The van der Waals surface area contributed by atoms with Crippen molar-refractivity contribution in [2.75, 3.05) is 10.6 Å². The summed E-state index contributed by atoms with van der Waals surface area (Å²) in [5.74, 6) is -0.468. The van der Waals surface area contributed by atoms with E-state index >= 15 is 0 Å². The van der Waals surface area contributed by atoms with Crippen LogP contribution >= 0.6 is 0 Å². The minimum absolute atomic E-state index is 0. The van der Waals surface area contributed by atoms with E-state index in [1.165, 1.54) is 6.92 Å². The molecule has 0 atom stereocenters. The molecule has 0 aliphatic carbocycles. The number of phenols is 1. The number of nitrogens with zero attached hydrogens (tertiary/aromatic N) is 1. The molecule has 2 amide bonds. The van der Waals surface area contributed by atoms with Gasteiger partial charge in [0.25, 0.3) is 5.91 Å². The third kappa shape index (κ3) is 4.29. The summed E-state index contributed by atoms with van der Waals surface area (Å²) in [6.07, 6.45) is 3.58. The largest absolute Gasteiger partial charge is 1.00 e. The number of hydrogen-bond acceptors (Lipinski definition) is 3. The lowest BCUT2D eigenvalue weighted by Crippen LogP contribution is -3.00. The molecule has 3 aromatic rings. The molecule has 0 spiro atoms. The lowest BCUT2D eigenvalue weighted by Gasteiger charge is -2.12. The van der Waals surface area contributed by atoms with Crippen LogP contribution in [0, 0.1) is 0 Å². The van der Waals surface area contributed by atoms with Crippen molar-refractivity contribution in [2.24, 2.45) is 0 Å². The Kier molecular flexibility index (Phi) is 6.14. The van der Waals surface area contributed by atoms with Crippen LogP contribution in [0.5, 0.6) is 5.75 Å². The van der Waals surface area contributed by atoms with Gasteiger partial charge in [-0.15, -0.1) is 0 Å². The van der Waals surface area contributed by atoms with Gasteiger partial charge in [-0.2, -0.15) is 4.57 Å². The predicted octanol–water partition coefficient (Wildman–Crippen LogP) is -0.566. The molecule has 26 heavy (non-hydrogen) atoms. The maximum atomic E-state index is 12.2. The van der Waals surface area contributed by atoms with Crippen molar-refractivity contribution in [3.63, 3.8) is 0 Å². The van der Waals surface area contributed by atoms with Gasteiger partial charge >= 0.3 is 0 Å². The molecule has 0 saturated heterocycles. The molecule has 2 aromatic carbocycles. The number of rotatable bonds is 4. The SMILES string of the molecule is CC(=O)Nc1cccc2c(O)c(NC(=O)C[n+]3ccccc3)ccc12.[Cl-]. The van der Waals surface area contributed by atoms with Gasteiger partial charge in [-0.25, -0.2) is 0 Å². The number of nitrogens with one attached hydrogen (secondary N) is 2. The summed E-state index contributed by atoms with van der Waals surface area (Å²) in [4.78, 5) is 23.5. The van der Waals surface area contributed by atoms with Crippen LogP contribution < -0.4 is 27.6 Å². The van der Waals surface area contributed by atoms with E-state index < -0.39 is 0 Å². The number of pyridine rings is 1. The van der Waals surface area contributed by atoms with Crippen molar-refractivity contribution in [1.82, 2.24) is 0 Å². The predicted molar refractivity (Wildman–Crippen MR) is 95.2 cm³/mol. The molecule has 0 bridgehead atoms. The van der Waals surface area contributed by atoms with Crippen LogP contribution in [0.1, 0.15) is 6.92 Å². The molecule has 3 N–H and O–H groups in total. The quantitative estimate of drug-likeness (QED) is 0.424.